The number of nitrogens with one attached hydrogen (secondary N) is 1. The maximum Gasteiger partial charge on any atom is 0.330 e. The first-order valence-corrected chi connectivity index (χ1v) is 6.74. The Labute approximate surface area is 123 Å². The second-order valence-electron chi connectivity index (χ2n) is 5.05. The lowest BCUT2D eigenvalue weighted by atomic mass is 10.1. The highest BCUT2D eigenvalue weighted by atomic mass is 16.7. The fraction of sp³-hybridized carbons (Fsp3) is 0.667. The first-order chi connectivity index (χ1) is 10.5. The molecule has 1 aromatic heterocycles. The van der Waals surface area contributed by atoms with Crippen LogP contribution in [0, 0.1) is 0 Å². The van der Waals surface area contributed by atoms with E-state index >= 15 is 0 Å². The number of aliphatic hydroxyl groups excluding tert-OH is 3. The second-order valence-corrected chi connectivity index (χ2v) is 5.05. The summed E-state index contributed by atoms with van der Waals surface area (Å²) in [5, 5.41) is 28.8. The molecule has 0 bridgehead atoms. The summed E-state index contributed by atoms with van der Waals surface area (Å²) in [4.78, 5) is 25.9. The van der Waals surface area contributed by atoms with Crippen LogP contribution in [0.25, 0.3) is 0 Å². The standard InChI is InChI=1S/C12H16N2O8/c15-4-6-7(16)8(17)10(22-6)14-3-5(9(18)13-12(14)19)11-20-1-2-21-11/h3,6-8,10-11,15-17H,1-2,4H2,(H,13,18,19)/t6-,7-,8-,10?/m1/s1. The van der Waals surface area contributed by atoms with Crippen LogP contribution in [0.5, 0.6) is 0 Å². The summed E-state index contributed by atoms with van der Waals surface area (Å²) in [7, 11) is 0. The van der Waals surface area contributed by atoms with Gasteiger partial charge < -0.3 is 29.5 Å². The van der Waals surface area contributed by atoms with E-state index in [1.165, 1.54) is 0 Å². The number of hydrogen-bond acceptors (Lipinski definition) is 8. The van der Waals surface area contributed by atoms with Crippen molar-refractivity contribution >= 4 is 0 Å². The fourth-order valence-corrected chi connectivity index (χ4v) is 2.51. The average molecular weight is 316 g/mol. The van der Waals surface area contributed by atoms with Crippen molar-refractivity contribution in [2.45, 2.75) is 30.8 Å². The van der Waals surface area contributed by atoms with Crippen LogP contribution in [-0.4, -0.2) is 63.0 Å². The number of rotatable bonds is 3. The first kappa shape index (κ1) is 15.3. The van der Waals surface area contributed by atoms with Crippen molar-refractivity contribution in [2.75, 3.05) is 19.8 Å². The predicted molar refractivity (Wildman–Crippen MR) is 69.0 cm³/mol. The quantitative estimate of drug-likeness (QED) is 0.468. The molecule has 2 saturated heterocycles. The van der Waals surface area contributed by atoms with Gasteiger partial charge in [-0.15, -0.1) is 0 Å². The highest BCUT2D eigenvalue weighted by Crippen LogP contribution is 2.29. The number of aromatic amines is 1. The number of nitrogens with zero attached hydrogens (tertiary/aromatic N) is 1. The molecular formula is C12H16N2O8. The Kier molecular flexibility index (Phi) is 4.12. The topological polar surface area (TPSA) is 143 Å². The molecule has 0 aliphatic carbocycles. The zero-order chi connectivity index (χ0) is 15.9. The Morgan fingerprint density at radius 1 is 1.23 bits per heavy atom. The van der Waals surface area contributed by atoms with E-state index in [-0.39, 0.29) is 5.56 Å². The molecule has 4 atom stereocenters. The average Bonchev–Trinajstić information content (AvgIpc) is 3.10. The largest absolute Gasteiger partial charge is 0.394 e. The van der Waals surface area contributed by atoms with Crippen LogP contribution in [0.1, 0.15) is 18.1 Å². The maximum atomic E-state index is 11.9. The van der Waals surface area contributed by atoms with Crippen LogP contribution >= 0.6 is 0 Å². The molecule has 3 heterocycles. The van der Waals surface area contributed by atoms with Crippen molar-refractivity contribution < 1.29 is 29.5 Å². The SMILES string of the molecule is O=c1[nH]c(=O)n(C2O[C@H](CO)[C@@H](O)[C@H]2O)cc1C1OCCO1. The molecule has 2 aliphatic heterocycles. The second kappa shape index (κ2) is 5.91. The molecule has 0 radical (unpaired) electrons. The molecule has 2 fully saturated rings. The van der Waals surface area contributed by atoms with Gasteiger partial charge in [0.1, 0.15) is 18.3 Å². The summed E-state index contributed by atoms with van der Waals surface area (Å²) in [6.07, 6.45) is -4.79. The number of H-pyrrole nitrogens is 1. The van der Waals surface area contributed by atoms with Crippen molar-refractivity contribution in [3.8, 4) is 0 Å². The number of aliphatic hydroxyl groups is 3. The summed E-state index contributed by atoms with van der Waals surface area (Å²) < 4.78 is 16.6. The van der Waals surface area contributed by atoms with Crippen LogP contribution in [0.2, 0.25) is 0 Å². The Morgan fingerprint density at radius 3 is 2.50 bits per heavy atom. The van der Waals surface area contributed by atoms with E-state index in [1.807, 2.05) is 0 Å². The van der Waals surface area contributed by atoms with Gasteiger partial charge in [-0.05, 0) is 0 Å². The van der Waals surface area contributed by atoms with Crippen molar-refractivity contribution in [1.82, 2.24) is 9.55 Å². The van der Waals surface area contributed by atoms with Crippen LogP contribution in [-0.2, 0) is 14.2 Å². The molecule has 10 nitrogen and oxygen atoms in total. The van der Waals surface area contributed by atoms with Crippen molar-refractivity contribution in [3.05, 3.63) is 32.6 Å². The van der Waals surface area contributed by atoms with Crippen molar-refractivity contribution in [1.29, 1.82) is 0 Å². The monoisotopic (exact) mass is 316 g/mol. The van der Waals surface area contributed by atoms with Crippen LogP contribution in [0.15, 0.2) is 15.8 Å². The summed E-state index contributed by atoms with van der Waals surface area (Å²) >= 11 is 0. The van der Waals surface area contributed by atoms with Crippen LogP contribution in [0.4, 0.5) is 0 Å². The van der Waals surface area contributed by atoms with Gasteiger partial charge in [0.2, 0.25) is 0 Å². The van der Waals surface area contributed by atoms with Gasteiger partial charge in [0, 0.05) is 6.20 Å². The van der Waals surface area contributed by atoms with E-state index in [2.05, 4.69) is 4.98 Å². The van der Waals surface area contributed by atoms with E-state index < -0.39 is 48.7 Å². The molecule has 10 heteroatoms. The zero-order valence-corrected chi connectivity index (χ0v) is 11.4. The molecule has 0 spiro atoms. The van der Waals surface area contributed by atoms with E-state index in [0.717, 1.165) is 10.8 Å². The molecule has 3 rings (SSSR count). The minimum absolute atomic E-state index is 0.0508. The fourth-order valence-electron chi connectivity index (χ4n) is 2.51. The van der Waals surface area contributed by atoms with Gasteiger partial charge in [-0.25, -0.2) is 4.79 Å². The van der Waals surface area contributed by atoms with E-state index in [1.54, 1.807) is 0 Å². The van der Waals surface area contributed by atoms with Gasteiger partial charge in [-0.2, -0.15) is 0 Å². The van der Waals surface area contributed by atoms with E-state index in [0.29, 0.717) is 13.2 Å². The summed E-state index contributed by atoms with van der Waals surface area (Å²) in [6.45, 7) is 0.114. The Balaban J connectivity index is 1.98. The molecule has 22 heavy (non-hydrogen) atoms. The van der Waals surface area contributed by atoms with Gasteiger partial charge in [-0.1, -0.05) is 0 Å². The third-order valence-corrected chi connectivity index (χ3v) is 3.66. The van der Waals surface area contributed by atoms with E-state index in [9.17, 15) is 19.8 Å². The lowest BCUT2D eigenvalue weighted by Crippen LogP contribution is -2.39. The molecule has 0 amide bonds. The molecule has 0 aromatic carbocycles. The smallest absolute Gasteiger partial charge is 0.330 e. The molecule has 0 saturated carbocycles. The third-order valence-electron chi connectivity index (χ3n) is 3.66. The van der Waals surface area contributed by atoms with Gasteiger partial charge in [0.05, 0.1) is 25.4 Å². The molecule has 1 aromatic rings. The molecule has 122 valence electrons. The van der Waals surface area contributed by atoms with Gasteiger partial charge in [0.25, 0.3) is 5.56 Å². The molecule has 4 N–H and O–H groups in total. The Morgan fingerprint density at radius 2 is 1.91 bits per heavy atom. The summed E-state index contributed by atoms with van der Waals surface area (Å²) in [6, 6.07) is 0. The van der Waals surface area contributed by atoms with Gasteiger partial charge in [-0.3, -0.25) is 14.3 Å². The highest BCUT2D eigenvalue weighted by molar-refractivity contribution is 5.08. The van der Waals surface area contributed by atoms with Crippen molar-refractivity contribution in [3.63, 3.8) is 0 Å². The normalized spacial score (nSPS) is 32.7. The van der Waals surface area contributed by atoms with Gasteiger partial charge in [0.15, 0.2) is 12.5 Å². The van der Waals surface area contributed by atoms with Crippen LogP contribution in [0.3, 0.4) is 0 Å². The predicted octanol–water partition coefficient (Wildman–Crippen LogP) is -2.81. The Bertz CT molecular complexity index is 649. The maximum absolute atomic E-state index is 11.9. The van der Waals surface area contributed by atoms with Gasteiger partial charge >= 0.3 is 5.69 Å². The Hall–Kier alpha value is -1.56. The lowest BCUT2D eigenvalue weighted by Gasteiger charge is -2.19. The molecule has 1 unspecified atom stereocenters. The number of aromatic nitrogens is 2. The lowest BCUT2D eigenvalue weighted by molar-refractivity contribution is -0.0597. The van der Waals surface area contributed by atoms with E-state index in [4.69, 9.17) is 19.3 Å². The molecule has 2 aliphatic rings. The minimum atomic E-state index is -1.43. The number of hydrogen-bond donors (Lipinski definition) is 4. The first-order valence-electron chi connectivity index (χ1n) is 6.74. The summed E-state index contributed by atoms with van der Waals surface area (Å²) in [5.41, 5.74) is -1.43. The third kappa shape index (κ3) is 2.49. The minimum Gasteiger partial charge on any atom is -0.394 e. The molecular weight excluding hydrogens is 300 g/mol. The van der Waals surface area contributed by atoms with Crippen LogP contribution < -0.4 is 11.2 Å². The van der Waals surface area contributed by atoms with Crippen molar-refractivity contribution in [2.24, 2.45) is 0 Å². The number of ether oxygens (including phenoxy) is 3. The summed E-state index contributed by atoms with van der Waals surface area (Å²) in [5.74, 6) is 0. The zero-order valence-electron chi connectivity index (χ0n) is 11.4. The highest BCUT2D eigenvalue weighted by Gasteiger charge is 2.44.